The van der Waals surface area contributed by atoms with E-state index in [0.29, 0.717) is 60.7 Å². The Morgan fingerprint density at radius 2 is 0.687 bits per heavy atom. The van der Waals surface area contributed by atoms with E-state index < -0.39 is 181 Å². The van der Waals surface area contributed by atoms with Gasteiger partial charge in [0.15, 0.2) is 105 Å². The van der Waals surface area contributed by atoms with E-state index in [9.17, 15) is 101 Å². The lowest BCUT2D eigenvalue weighted by Crippen LogP contribution is -2.62. The lowest BCUT2D eigenvalue weighted by atomic mass is 9.97. The Kier molecular flexibility index (Phi) is 12.9. The molecule has 26 heteroatoms. The lowest BCUT2D eigenvalue weighted by molar-refractivity contribution is -0.284. The molecule has 0 bridgehead atoms. The molecular weight excluding hydrogens is 908 g/mol. The summed E-state index contributed by atoms with van der Waals surface area (Å²) >= 11 is 0. The zero-order valence-corrected chi connectivity index (χ0v) is 33.1. The second-order valence-corrected chi connectivity index (χ2v) is 14.0. The van der Waals surface area contributed by atoms with Crippen LogP contribution in [-0.2, 0) is 23.7 Å². The molecule has 0 saturated carbocycles. The fraction of sp³-hybridized carbons (Fsp3) is 0.146. The Labute approximate surface area is 370 Å². The van der Waals surface area contributed by atoms with Crippen LogP contribution in [0.2, 0.25) is 0 Å². The first-order valence-corrected chi connectivity index (χ1v) is 18.4. The highest BCUT2D eigenvalue weighted by molar-refractivity contribution is 5.96. The number of ether oxygens (including phenoxy) is 6. The van der Waals surface area contributed by atoms with Gasteiger partial charge in [-0.05, 0) is 60.7 Å². The van der Waals surface area contributed by atoms with Gasteiger partial charge < -0.3 is 105 Å². The second kappa shape index (κ2) is 18.3. The molecule has 0 amide bonds. The topological polar surface area (TPSA) is 444 Å². The van der Waals surface area contributed by atoms with Crippen LogP contribution in [0.25, 0.3) is 0 Å². The predicted molar refractivity (Wildman–Crippen MR) is 209 cm³/mol. The second-order valence-electron chi connectivity index (χ2n) is 14.0. The van der Waals surface area contributed by atoms with Gasteiger partial charge in [-0.1, -0.05) is 0 Å². The highest BCUT2D eigenvalue weighted by atomic mass is 16.7. The van der Waals surface area contributed by atoms with E-state index in [1.807, 2.05) is 0 Å². The van der Waals surface area contributed by atoms with Crippen LogP contribution in [-0.4, -0.2) is 144 Å². The van der Waals surface area contributed by atoms with Gasteiger partial charge in [0.05, 0.1) is 27.8 Å². The van der Waals surface area contributed by atoms with Crippen molar-refractivity contribution in [3.8, 4) is 86.2 Å². The summed E-state index contributed by atoms with van der Waals surface area (Å²) in [6.45, 7) is -1.16. The first kappa shape index (κ1) is 47.1. The standard InChI is InChI=1S/C41H32O26/c42-17-1-12(2-18(43)28(17)51)36(56)62-11-27-33(65-38(58)14-5-21(46)30(53)22(47)6-14)34(66-39(59)15-7-23(48)31(54)24(49)8-15)35(41(61)64-27)67-40(60)16-9-25(50)32(55)26(10-16)63-37(57)13-3-19(44)29(52)20(45)4-13/h1-10,27,33-35,41-55,61H,11H2/t27-,33-,34+,35-,41-/m1/s1. The summed E-state index contributed by atoms with van der Waals surface area (Å²) in [6, 6.07) is 5.91. The van der Waals surface area contributed by atoms with Crippen molar-refractivity contribution in [2.75, 3.05) is 6.61 Å². The van der Waals surface area contributed by atoms with Crippen LogP contribution >= 0.6 is 0 Å². The molecule has 67 heavy (non-hydrogen) atoms. The first-order valence-electron chi connectivity index (χ1n) is 18.4. The van der Waals surface area contributed by atoms with E-state index in [1.165, 1.54) is 0 Å². The number of phenols is 14. The molecule has 0 unspecified atom stereocenters. The van der Waals surface area contributed by atoms with E-state index >= 15 is 0 Å². The van der Waals surface area contributed by atoms with Crippen molar-refractivity contribution in [3.05, 3.63) is 88.5 Å². The monoisotopic (exact) mass is 940 g/mol. The third-order valence-electron chi connectivity index (χ3n) is 9.43. The quantitative estimate of drug-likeness (QED) is 0.0384. The maximum Gasteiger partial charge on any atom is 0.343 e. The lowest BCUT2D eigenvalue weighted by Gasteiger charge is -2.42. The molecule has 0 spiro atoms. The molecule has 5 aromatic rings. The van der Waals surface area contributed by atoms with Gasteiger partial charge in [-0.3, -0.25) is 0 Å². The van der Waals surface area contributed by atoms with Crippen molar-refractivity contribution in [3.63, 3.8) is 0 Å². The molecule has 0 radical (unpaired) electrons. The SMILES string of the molecule is O=C(OC[C@H]1O[C@@H](O)[C@H](OC(=O)c2cc(O)c(O)c(OC(=O)c3cc(O)c(O)c(O)c3)c2)[C@@H](OC(=O)c2cc(O)c(O)c(O)c2)[C@@H]1OC(=O)c1cc(O)c(O)c(O)c1)c1cc(O)c(O)c(O)c1. The molecule has 1 aliphatic rings. The molecule has 0 aliphatic carbocycles. The predicted octanol–water partition coefficient (Wildman–Crippen LogP) is 1.34. The fourth-order valence-electron chi connectivity index (χ4n) is 6.08. The minimum Gasteiger partial charge on any atom is -0.504 e. The Morgan fingerprint density at radius 3 is 1.07 bits per heavy atom. The molecule has 0 aromatic heterocycles. The van der Waals surface area contributed by atoms with E-state index in [1.54, 1.807) is 0 Å². The van der Waals surface area contributed by atoms with Crippen LogP contribution in [0.15, 0.2) is 60.7 Å². The average Bonchev–Trinajstić information content (AvgIpc) is 3.27. The zero-order valence-electron chi connectivity index (χ0n) is 33.1. The Balaban J connectivity index is 1.40. The largest absolute Gasteiger partial charge is 0.504 e. The highest BCUT2D eigenvalue weighted by Crippen LogP contribution is 2.42. The van der Waals surface area contributed by atoms with Gasteiger partial charge >= 0.3 is 29.8 Å². The summed E-state index contributed by atoms with van der Waals surface area (Å²) < 4.78 is 32.1. The van der Waals surface area contributed by atoms with E-state index in [4.69, 9.17) is 28.4 Å². The molecule has 1 aliphatic heterocycles. The first-order chi connectivity index (χ1) is 31.4. The van der Waals surface area contributed by atoms with Crippen molar-refractivity contribution in [2.24, 2.45) is 0 Å². The number of carbonyl (C=O) groups is 5. The van der Waals surface area contributed by atoms with Gasteiger partial charge in [0.1, 0.15) is 12.7 Å². The van der Waals surface area contributed by atoms with Crippen LogP contribution < -0.4 is 4.74 Å². The zero-order chi connectivity index (χ0) is 49.3. The third kappa shape index (κ3) is 9.73. The van der Waals surface area contributed by atoms with Gasteiger partial charge in [-0.15, -0.1) is 0 Å². The summed E-state index contributed by atoms with van der Waals surface area (Å²) in [4.78, 5) is 67.1. The van der Waals surface area contributed by atoms with E-state index in [-0.39, 0.29) is 0 Å². The molecule has 5 atom stereocenters. The van der Waals surface area contributed by atoms with E-state index in [2.05, 4.69) is 0 Å². The molecule has 352 valence electrons. The molecule has 1 saturated heterocycles. The van der Waals surface area contributed by atoms with Gasteiger partial charge in [-0.2, -0.15) is 0 Å². The normalized spacial score (nSPS) is 17.7. The molecule has 1 fully saturated rings. The van der Waals surface area contributed by atoms with Gasteiger partial charge in [0.2, 0.25) is 5.75 Å². The van der Waals surface area contributed by atoms with Gasteiger partial charge in [0, 0.05) is 0 Å². The number of aliphatic hydroxyl groups is 1. The van der Waals surface area contributed by atoms with Crippen molar-refractivity contribution >= 4 is 29.8 Å². The number of phenolic OH excluding ortho intramolecular Hbond substituents is 14. The maximum atomic E-state index is 13.8. The number of carbonyl (C=O) groups excluding carboxylic acids is 5. The smallest absolute Gasteiger partial charge is 0.343 e. The molecule has 6 rings (SSSR count). The van der Waals surface area contributed by atoms with Crippen molar-refractivity contribution < 1.29 is 129 Å². The van der Waals surface area contributed by atoms with E-state index in [0.717, 1.165) is 0 Å². The summed E-state index contributed by atoms with van der Waals surface area (Å²) in [7, 11) is 0. The van der Waals surface area contributed by atoms with Gasteiger partial charge in [0.25, 0.3) is 0 Å². The van der Waals surface area contributed by atoms with Crippen molar-refractivity contribution in [1.82, 2.24) is 0 Å². The van der Waals surface area contributed by atoms with Crippen LogP contribution in [0.3, 0.4) is 0 Å². The minimum absolute atomic E-state index is 0.523. The van der Waals surface area contributed by atoms with Crippen molar-refractivity contribution in [1.29, 1.82) is 0 Å². The number of benzene rings is 5. The van der Waals surface area contributed by atoms with Crippen LogP contribution in [0.4, 0.5) is 0 Å². The van der Waals surface area contributed by atoms with Crippen LogP contribution in [0.5, 0.6) is 86.2 Å². The average molecular weight is 941 g/mol. The van der Waals surface area contributed by atoms with Crippen LogP contribution in [0, 0.1) is 0 Å². The Hall–Kier alpha value is -9.43. The van der Waals surface area contributed by atoms with Crippen LogP contribution in [0.1, 0.15) is 51.8 Å². The highest BCUT2D eigenvalue weighted by Gasteiger charge is 2.53. The Morgan fingerprint density at radius 1 is 0.388 bits per heavy atom. The molecular formula is C41H32O26. The summed E-state index contributed by atoms with van der Waals surface area (Å²) in [5, 5.41) is 151. The number of hydrogen-bond donors (Lipinski definition) is 15. The fourth-order valence-corrected chi connectivity index (χ4v) is 6.08. The molecule has 26 nitrogen and oxygen atoms in total. The maximum absolute atomic E-state index is 13.8. The van der Waals surface area contributed by atoms with Crippen molar-refractivity contribution in [2.45, 2.75) is 30.7 Å². The molecule has 15 N–H and O–H groups in total. The number of aromatic hydroxyl groups is 14. The minimum atomic E-state index is -2.55. The summed E-state index contributed by atoms with van der Waals surface area (Å²) in [6.07, 6.45) is -11.8. The number of esters is 5. The van der Waals surface area contributed by atoms with Gasteiger partial charge in [-0.25, -0.2) is 24.0 Å². The molecule has 5 aromatic carbocycles. The Bertz CT molecular complexity index is 2740. The summed E-state index contributed by atoms with van der Waals surface area (Å²) in [5.41, 5.74) is -3.63. The third-order valence-corrected chi connectivity index (χ3v) is 9.43. The number of aliphatic hydroxyl groups excluding tert-OH is 1. The number of rotatable bonds is 11. The molecule has 1 heterocycles. The number of hydrogen-bond acceptors (Lipinski definition) is 26. The summed E-state index contributed by atoms with van der Waals surface area (Å²) in [5.74, 6) is -23.6.